The highest BCUT2D eigenvalue weighted by molar-refractivity contribution is 7.89. The zero-order valence-electron chi connectivity index (χ0n) is 14.5. The fourth-order valence-electron chi connectivity index (χ4n) is 4.04. The van der Waals surface area contributed by atoms with Crippen LogP contribution in [0, 0.1) is 0 Å². The number of hydrogen-bond donors (Lipinski definition) is 1. The van der Waals surface area contributed by atoms with E-state index in [4.69, 9.17) is 4.98 Å². The fraction of sp³-hybridized carbons (Fsp3) is 0.500. The van der Waals surface area contributed by atoms with E-state index in [0.29, 0.717) is 13.1 Å². The first-order valence-corrected chi connectivity index (χ1v) is 10.5. The summed E-state index contributed by atoms with van der Waals surface area (Å²) in [5, 5.41) is 3.64. The average Bonchev–Trinajstić information content (AvgIpc) is 3.09. The molecule has 0 aliphatic carbocycles. The molecule has 0 unspecified atom stereocenters. The van der Waals surface area contributed by atoms with Crippen molar-refractivity contribution in [2.75, 3.05) is 25.4 Å². The van der Waals surface area contributed by atoms with E-state index in [1.807, 2.05) is 24.4 Å². The number of nitrogens with zero attached hydrogens (tertiary/aromatic N) is 3. The summed E-state index contributed by atoms with van der Waals surface area (Å²) in [7, 11) is -3.11. The summed E-state index contributed by atoms with van der Waals surface area (Å²) in [5.41, 5.74) is 2.09. The Morgan fingerprint density at radius 3 is 2.56 bits per heavy atom. The van der Waals surface area contributed by atoms with Crippen molar-refractivity contribution in [3.8, 4) is 11.3 Å². The Morgan fingerprint density at radius 1 is 1.16 bits per heavy atom. The molecule has 0 bridgehead atoms. The van der Waals surface area contributed by atoms with Gasteiger partial charge in [-0.2, -0.15) is 0 Å². The van der Waals surface area contributed by atoms with Crippen LogP contribution in [0.25, 0.3) is 11.3 Å². The number of aromatic nitrogens is 2. The molecule has 1 saturated heterocycles. The minimum absolute atomic E-state index is 0.167. The molecule has 1 aromatic heterocycles. The van der Waals surface area contributed by atoms with E-state index < -0.39 is 10.0 Å². The van der Waals surface area contributed by atoms with Crippen molar-refractivity contribution in [3.63, 3.8) is 0 Å². The van der Waals surface area contributed by atoms with Gasteiger partial charge in [0.05, 0.1) is 23.2 Å². The first kappa shape index (κ1) is 16.8. The molecule has 4 rings (SSSR count). The van der Waals surface area contributed by atoms with Gasteiger partial charge in [0.1, 0.15) is 5.82 Å². The zero-order chi connectivity index (χ0) is 17.5. The lowest BCUT2D eigenvalue weighted by molar-refractivity contribution is 0.160. The van der Waals surface area contributed by atoms with Crippen LogP contribution in [-0.4, -0.2) is 47.7 Å². The number of nitrogens with one attached hydrogen (secondary N) is 1. The third-order valence-corrected chi connectivity index (χ3v) is 7.37. The third-order valence-electron chi connectivity index (χ3n) is 5.49. The van der Waals surface area contributed by atoms with Crippen LogP contribution in [0.15, 0.2) is 36.5 Å². The van der Waals surface area contributed by atoms with Crippen molar-refractivity contribution in [3.05, 3.63) is 42.4 Å². The average molecular weight is 360 g/mol. The van der Waals surface area contributed by atoms with Crippen molar-refractivity contribution in [2.45, 2.75) is 31.8 Å². The number of rotatable bonds is 3. The van der Waals surface area contributed by atoms with Gasteiger partial charge in [-0.05, 0) is 25.3 Å². The molecule has 0 amide bonds. The molecular formula is C18H24N4O2S. The predicted octanol–water partition coefficient (Wildman–Crippen LogP) is 1.79. The second-order valence-electron chi connectivity index (χ2n) is 6.79. The number of imidazole rings is 1. The molecule has 2 aliphatic rings. The summed E-state index contributed by atoms with van der Waals surface area (Å²) in [5.74, 6) is 1.21. The van der Waals surface area contributed by atoms with E-state index in [9.17, 15) is 8.42 Å². The van der Waals surface area contributed by atoms with Crippen LogP contribution in [0.4, 0.5) is 0 Å². The topological polar surface area (TPSA) is 67.2 Å². The normalized spacial score (nSPS) is 20.5. The summed E-state index contributed by atoms with van der Waals surface area (Å²) in [6.45, 7) is 4.58. The first-order chi connectivity index (χ1) is 12.1. The van der Waals surface area contributed by atoms with Gasteiger partial charge in [0.15, 0.2) is 0 Å². The van der Waals surface area contributed by atoms with Crippen molar-refractivity contribution >= 4 is 10.0 Å². The maximum absolute atomic E-state index is 12.1. The van der Waals surface area contributed by atoms with Gasteiger partial charge in [-0.25, -0.2) is 17.7 Å². The number of piperidine rings is 1. The lowest BCUT2D eigenvalue weighted by atomic mass is 9.86. The van der Waals surface area contributed by atoms with Crippen LogP contribution in [0.2, 0.25) is 0 Å². The van der Waals surface area contributed by atoms with Crippen molar-refractivity contribution in [1.29, 1.82) is 0 Å². The summed E-state index contributed by atoms with van der Waals surface area (Å²) >= 11 is 0. The summed E-state index contributed by atoms with van der Waals surface area (Å²) in [6.07, 6.45) is 3.48. The van der Waals surface area contributed by atoms with Gasteiger partial charge in [-0.15, -0.1) is 0 Å². The molecule has 0 atom stereocenters. The van der Waals surface area contributed by atoms with Crippen molar-refractivity contribution in [2.24, 2.45) is 0 Å². The predicted molar refractivity (Wildman–Crippen MR) is 97.6 cm³/mol. The molecule has 3 heterocycles. The summed E-state index contributed by atoms with van der Waals surface area (Å²) in [6, 6.07) is 10.3. The molecule has 1 N–H and O–H groups in total. The van der Waals surface area contributed by atoms with Crippen LogP contribution >= 0.6 is 0 Å². The first-order valence-electron chi connectivity index (χ1n) is 8.90. The maximum atomic E-state index is 12.1. The Kier molecular flexibility index (Phi) is 4.17. The highest BCUT2D eigenvalue weighted by Gasteiger charge is 2.43. The highest BCUT2D eigenvalue weighted by Crippen LogP contribution is 2.37. The quantitative estimate of drug-likeness (QED) is 0.906. The van der Waals surface area contributed by atoms with Gasteiger partial charge in [0.2, 0.25) is 10.0 Å². The second-order valence-corrected chi connectivity index (χ2v) is 9.05. The molecule has 0 radical (unpaired) electrons. The Morgan fingerprint density at radius 2 is 1.88 bits per heavy atom. The lowest BCUT2D eigenvalue weighted by Crippen LogP contribution is -2.56. The van der Waals surface area contributed by atoms with Crippen LogP contribution in [0.5, 0.6) is 0 Å². The van der Waals surface area contributed by atoms with E-state index in [-0.39, 0.29) is 11.3 Å². The Balaban J connectivity index is 1.65. The third kappa shape index (κ3) is 2.80. The van der Waals surface area contributed by atoms with Gasteiger partial charge in [0, 0.05) is 26.2 Å². The van der Waals surface area contributed by atoms with Gasteiger partial charge in [0.25, 0.3) is 0 Å². The number of sulfonamides is 1. The van der Waals surface area contributed by atoms with E-state index >= 15 is 0 Å². The fourth-order valence-corrected chi connectivity index (χ4v) is 5.14. The monoisotopic (exact) mass is 360 g/mol. The van der Waals surface area contributed by atoms with Gasteiger partial charge < -0.3 is 9.88 Å². The molecule has 0 saturated carbocycles. The minimum atomic E-state index is -3.11. The molecule has 2 aliphatic heterocycles. The highest BCUT2D eigenvalue weighted by atomic mass is 32.2. The summed E-state index contributed by atoms with van der Waals surface area (Å²) < 4.78 is 28.2. The van der Waals surface area contributed by atoms with Gasteiger partial charge in [-0.1, -0.05) is 30.3 Å². The second kappa shape index (κ2) is 6.23. The Labute approximate surface area is 148 Å². The van der Waals surface area contributed by atoms with Crippen LogP contribution in [-0.2, 0) is 22.1 Å². The van der Waals surface area contributed by atoms with E-state index in [1.165, 1.54) is 5.56 Å². The van der Waals surface area contributed by atoms with Crippen molar-refractivity contribution in [1.82, 2.24) is 19.2 Å². The molecule has 7 heteroatoms. The molecule has 1 spiro atoms. The van der Waals surface area contributed by atoms with E-state index in [1.54, 1.807) is 11.2 Å². The lowest BCUT2D eigenvalue weighted by Gasteiger charge is -2.44. The molecule has 134 valence electrons. The standard InChI is InChI=1S/C18H24N4O2S/c1-2-25(23,24)21-11-8-18(9-12-21)17-19-14-16(22(17)13-10-20-18)15-6-4-3-5-7-15/h3-7,14,20H,2,8-13H2,1H3. The number of benzene rings is 1. The molecule has 1 fully saturated rings. The smallest absolute Gasteiger partial charge is 0.213 e. The van der Waals surface area contributed by atoms with E-state index in [0.717, 1.165) is 37.4 Å². The molecule has 1 aromatic carbocycles. The zero-order valence-corrected chi connectivity index (χ0v) is 15.3. The number of hydrogen-bond acceptors (Lipinski definition) is 4. The van der Waals surface area contributed by atoms with Gasteiger partial charge >= 0.3 is 0 Å². The Bertz CT molecular complexity index is 852. The summed E-state index contributed by atoms with van der Waals surface area (Å²) in [4.78, 5) is 4.75. The minimum Gasteiger partial charge on any atom is -0.325 e. The van der Waals surface area contributed by atoms with Crippen LogP contribution in [0.1, 0.15) is 25.6 Å². The van der Waals surface area contributed by atoms with Crippen LogP contribution in [0.3, 0.4) is 0 Å². The largest absolute Gasteiger partial charge is 0.325 e. The molecular weight excluding hydrogens is 336 g/mol. The number of fused-ring (bicyclic) bond motifs is 2. The maximum Gasteiger partial charge on any atom is 0.213 e. The molecule has 25 heavy (non-hydrogen) atoms. The van der Waals surface area contributed by atoms with E-state index in [2.05, 4.69) is 22.0 Å². The van der Waals surface area contributed by atoms with Gasteiger partial charge in [-0.3, -0.25) is 0 Å². The molecule has 2 aromatic rings. The van der Waals surface area contributed by atoms with Crippen molar-refractivity contribution < 1.29 is 8.42 Å². The SMILES string of the molecule is CCS(=O)(=O)N1CCC2(CC1)NCCn1c(-c3ccccc3)cnc12. The van der Waals surface area contributed by atoms with Crippen LogP contribution < -0.4 is 5.32 Å². The Hall–Kier alpha value is -1.70. The molecule has 6 nitrogen and oxygen atoms in total.